The van der Waals surface area contributed by atoms with Gasteiger partial charge in [0.25, 0.3) is 0 Å². The zero-order chi connectivity index (χ0) is 12.7. The Labute approximate surface area is 97.0 Å². The molecule has 0 amide bonds. The lowest BCUT2D eigenvalue weighted by Crippen LogP contribution is -2.14. The summed E-state index contributed by atoms with van der Waals surface area (Å²) in [6.07, 6.45) is -1.93. The SMILES string of the molecule is COc1c(O)cc(O)c2c1[C@H]([C@H](C)O)OC2=O. The fourth-order valence-electron chi connectivity index (χ4n) is 1.93. The number of phenols is 2. The quantitative estimate of drug-likeness (QED) is 0.658. The molecule has 17 heavy (non-hydrogen) atoms. The highest BCUT2D eigenvalue weighted by atomic mass is 16.6. The van der Waals surface area contributed by atoms with Crippen LogP contribution in [0.1, 0.15) is 28.9 Å². The van der Waals surface area contributed by atoms with Crippen molar-refractivity contribution >= 4 is 5.97 Å². The molecular weight excluding hydrogens is 228 g/mol. The third-order valence-corrected chi connectivity index (χ3v) is 2.64. The topological polar surface area (TPSA) is 96.2 Å². The summed E-state index contributed by atoms with van der Waals surface area (Å²) in [5, 5.41) is 28.7. The van der Waals surface area contributed by atoms with Crippen LogP contribution in [0.2, 0.25) is 0 Å². The Morgan fingerprint density at radius 1 is 1.41 bits per heavy atom. The van der Waals surface area contributed by atoms with E-state index in [0.717, 1.165) is 6.07 Å². The molecular formula is C11H12O6. The molecule has 1 aromatic carbocycles. The van der Waals surface area contributed by atoms with Crippen molar-refractivity contribution in [3.63, 3.8) is 0 Å². The van der Waals surface area contributed by atoms with E-state index in [0.29, 0.717) is 0 Å². The predicted octanol–water partition coefficient (Wildman–Crippen LogP) is 0.699. The van der Waals surface area contributed by atoms with Crippen LogP contribution in [0, 0.1) is 0 Å². The minimum absolute atomic E-state index is 0.0227. The third-order valence-electron chi connectivity index (χ3n) is 2.64. The van der Waals surface area contributed by atoms with Gasteiger partial charge in [0, 0.05) is 6.07 Å². The van der Waals surface area contributed by atoms with Gasteiger partial charge in [0.1, 0.15) is 11.3 Å². The summed E-state index contributed by atoms with van der Waals surface area (Å²) in [6.45, 7) is 1.44. The van der Waals surface area contributed by atoms with Crippen LogP contribution < -0.4 is 4.74 Å². The van der Waals surface area contributed by atoms with Crippen LogP contribution in [-0.2, 0) is 4.74 Å². The molecule has 2 atom stereocenters. The highest BCUT2D eigenvalue weighted by Crippen LogP contribution is 2.47. The van der Waals surface area contributed by atoms with Crippen molar-refractivity contribution in [3.8, 4) is 17.2 Å². The number of esters is 1. The number of phenolic OH excluding ortho intramolecular Hbond substituents is 2. The minimum atomic E-state index is -0.977. The number of aliphatic hydroxyl groups excluding tert-OH is 1. The molecule has 0 aliphatic carbocycles. The van der Waals surface area contributed by atoms with Crippen LogP contribution >= 0.6 is 0 Å². The summed E-state index contributed by atoms with van der Waals surface area (Å²) in [4.78, 5) is 11.6. The highest BCUT2D eigenvalue weighted by Gasteiger charge is 2.40. The molecule has 92 valence electrons. The van der Waals surface area contributed by atoms with E-state index in [1.165, 1.54) is 14.0 Å². The number of fused-ring (bicyclic) bond motifs is 1. The van der Waals surface area contributed by atoms with Gasteiger partial charge >= 0.3 is 5.97 Å². The van der Waals surface area contributed by atoms with Gasteiger partial charge in [0.05, 0.1) is 18.8 Å². The molecule has 0 unspecified atom stereocenters. The number of carbonyl (C=O) groups excluding carboxylic acids is 1. The fraction of sp³-hybridized carbons (Fsp3) is 0.364. The van der Waals surface area contributed by atoms with E-state index in [2.05, 4.69) is 0 Å². The van der Waals surface area contributed by atoms with Crippen molar-refractivity contribution in [2.45, 2.75) is 19.1 Å². The Bertz CT molecular complexity index is 479. The number of cyclic esters (lactones) is 1. The van der Waals surface area contributed by atoms with Crippen LogP contribution in [0.4, 0.5) is 0 Å². The number of methoxy groups -OCH3 is 1. The first kappa shape index (κ1) is 11.5. The molecule has 1 aliphatic heterocycles. The van der Waals surface area contributed by atoms with Gasteiger partial charge in [-0.2, -0.15) is 0 Å². The summed E-state index contributed by atoms with van der Waals surface area (Å²) < 4.78 is 9.90. The van der Waals surface area contributed by atoms with Gasteiger partial charge in [-0.05, 0) is 6.92 Å². The van der Waals surface area contributed by atoms with Crippen molar-refractivity contribution in [1.82, 2.24) is 0 Å². The van der Waals surface area contributed by atoms with E-state index in [9.17, 15) is 20.1 Å². The normalized spacial score (nSPS) is 19.7. The van der Waals surface area contributed by atoms with E-state index >= 15 is 0 Å². The maximum absolute atomic E-state index is 11.6. The number of carbonyl (C=O) groups is 1. The Kier molecular flexibility index (Phi) is 2.59. The Morgan fingerprint density at radius 2 is 2.06 bits per heavy atom. The van der Waals surface area contributed by atoms with Crippen LogP contribution in [-0.4, -0.2) is 34.5 Å². The molecule has 0 bridgehead atoms. The molecule has 2 rings (SSSR count). The zero-order valence-corrected chi connectivity index (χ0v) is 9.30. The number of aromatic hydroxyl groups is 2. The van der Waals surface area contributed by atoms with Crippen LogP contribution in [0.3, 0.4) is 0 Å². The average Bonchev–Trinajstić information content (AvgIpc) is 2.57. The predicted molar refractivity (Wildman–Crippen MR) is 56.2 cm³/mol. The molecule has 0 fully saturated rings. The van der Waals surface area contributed by atoms with Crippen molar-refractivity contribution in [3.05, 3.63) is 17.2 Å². The van der Waals surface area contributed by atoms with Crippen molar-refractivity contribution in [1.29, 1.82) is 0 Å². The van der Waals surface area contributed by atoms with Crippen molar-refractivity contribution < 1.29 is 29.6 Å². The van der Waals surface area contributed by atoms with E-state index in [1.54, 1.807) is 0 Å². The molecule has 0 saturated heterocycles. The lowest BCUT2D eigenvalue weighted by molar-refractivity contribution is -0.00341. The van der Waals surface area contributed by atoms with E-state index in [1.807, 2.05) is 0 Å². The van der Waals surface area contributed by atoms with Crippen LogP contribution in [0.5, 0.6) is 17.2 Å². The van der Waals surface area contributed by atoms with Crippen LogP contribution in [0.15, 0.2) is 6.07 Å². The number of benzene rings is 1. The number of aliphatic hydroxyl groups is 1. The first-order chi connectivity index (χ1) is 7.97. The summed E-state index contributed by atoms with van der Waals surface area (Å²) in [6, 6.07) is 1.00. The van der Waals surface area contributed by atoms with E-state index in [-0.39, 0.29) is 22.6 Å². The van der Waals surface area contributed by atoms with Crippen molar-refractivity contribution in [2.75, 3.05) is 7.11 Å². The summed E-state index contributed by atoms with van der Waals surface area (Å²) >= 11 is 0. The lowest BCUT2D eigenvalue weighted by atomic mass is 9.99. The van der Waals surface area contributed by atoms with Gasteiger partial charge in [-0.3, -0.25) is 0 Å². The standard InChI is InChI=1S/C11H12O6/c1-4(12)9-8-7(11(15)17-9)5(13)3-6(14)10(8)16-2/h3-4,9,12-14H,1-2H3/t4-,9-/m0/s1. The first-order valence-corrected chi connectivity index (χ1v) is 4.99. The zero-order valence-electron chi connectivity index (χ0n) is 9.30. The fourth-order valence-corrected chi connectivity index (χ4v) is 1.93. The monoisotopic (exact) mass is 240 g/mol. The molecule has 0 radical (unpaired) electrons. The molecule has 0 aromatic heterocycles. The van der Waals surface area contributed by atoms with Gasteiger partial charge in [-0.1, -0.05) is 0 Å². The van der Waals surface area contributed by atoms with Gasteiger partial charge in [-0.25, -0.2) is 4.79 Å². The minimum Gasteiger partial charge on any atom is -0.507 e. The second-order valence-electron chi connectivity index (χ2n) is 3.80. The van der Waals surface area contributed by atoms with E-state index in [4.69, 9.17) is 9.47 Å². The second kappa shape index (κ2) is 3.81. The molecule has 3 N–H and O–H groups in total. The van der Waals surface area contributed by atoms with Gasteiger partial charge in [0.2, 0.25) is 0 Å². The highest BCUT2D eigenvalue weighted by molar-refractivity contribution is 5.98. The number of rotatable bonds is 2. The molecule has 1 aromatic rings. The van der Waals surface area contributed by atoms with Crippen LogP contribution in [0.25, 0.3) is 0 Å². The molecule has 0 saturated carbocycles. The maximum Gasteiger partial charge on any atom is 0.343 e. The molecule has 1 heterocycles. The molecule has 6 heteroatoms. The smallest absolute Gasteiger partial charge is 0.343 e. The lowest BCUT2D eigenvalue weighted by Gasteiger charge is -2.16. The number of ether oxygens (including phenoxy) is 2. The second-order valence-corrected chi connectivity index (χ2v) is 3.80. The Hall–Kier alpha value is -1.95. The first-order valence-electron chi connectivity index (χ1n) is 4.99. The van der Waals surface area contributed by atoms with Gasteiger partial charge in [0.15, 0.2) is 17.6 Å². The van der Waals surface area contributed by atoms with Gasteiger partial charge < -0.3 is 24.8 Å². The summed E-state index contributed by atoms with van der Waals surface area (Å²) in [5.41, 5.74) is 0.0931. The molecule has 6 nitrogen and oxygen atoms in total. The van der Waals surface area contributed by atoms with Crippen molar-refractivity contribution in [2.24, 2.45) is 0 Å². The van der Waals surface area contributed by atoms with E-state index < -0.39 is 23.9 Å². The Morgan fingerprint density at radius 3 is 2.59 bits per heavy atom. The maximum atomic E-state index is 11.6. The summed E-state index contributed by atoms with van der Waals surface area (Å²) in [5.74, 6) is -1.43. The average molecular weight is 240 g/mol. The number of hydrogen-bond acceptors (Lipinski definition) is 6. The summed E-state index contributed by atoms with van der Waals surface area (Å²) in [7, 11) is 1.31. The molecule has 0 spiro atoms. The third kappa shape index (κ3) is 1.57. The largest absolute Gasteiger partial charge is 0.507 e. The number of hydrogen-bond donors (Lipinski definition) is 3. The molecule has 1 aliphatic rings. The Balaban J connectivity index is 2.72. The van der Waals surface area contributed by atoms with Gasteiger partial charge in [-0.15, -0.1) is 0 Å².